The van der Waals surface area contributed by atoms with Crippen LogP contribution in [0.2, 0.25) is 0 Å². The van der Waals surface area contributed by atoms with E-state index in [0.29, 0.717) is 13.2 Å². The lowest BCUT2D eigenvalue weighted by atomic mass is 10.7. The molecule has 0 aliphatic rings. The number of hydrogen-bond acceptors (Lipinski definition) is 5. The normalized spacial score (nSPS) is 8.58. The summed E-state index contributed by atoms with van der Waals surface area (Å²) in [5.74, 6) is -1.19. The molecule has 0 aliphatic heterocycles. The van der Waals surface area contributed by atoms with E-state index in [4.69, 9.17) is 25.2 Å². The van der Waals surface area contributed by atoms with Gasteiger partial charge < -0.3 is 25.2 Å². The Labute approximate surface area is 70.0 Å². The number of aliphatic carboxylic acids is 1. The van der Waals surface area contributed by atoms with Crippen molar-refractivity contribution in [2.75, 3.05) is 33.0 Å². The summed E-state index contributed by atoms with van der Waals surface area (Å²) in [6.45, 7) is -0.0822. The summed E-state index contributed by atoms with van der Waals surface area (Å²) in [5, 5.41) is 31.2. The Kier molecular flexibility index (Phi) is 15.0. The van der Waals surface area contributed by atoms with Crippen LogP contribution in [0.25, 0.3) is 0 Å². The zero-order valence-electron chi connectivity index (χ0n) is 6.64. The number of aliphatic hydroxyl groups excluding tert-OH is 3. The number of carboxylic acids is 1. The highest BCUT2D eigenvalue weighted by molar-refractivity contribution is 5.67. The monoisotopic (exact) mass is 182 g/mol. The van der Waals surface area contributed by atoms with E-state index in [0.717, 1.165) is 0 Å². The van der Waals surface area contributed by atoms with E-state index in [-0.39, 0.29) is 13.2 Å². The highest BCUT2D eigenvalue weighted by Crippen LogP contribution is 1.68. The molecule has 0 aromatic carbocycles. The first kappa shape index (κ1) is 13.9. The third-order valence-electron chi connectivity index (χ3n) is 0.607. The summed E-state index contributed by atoms with van der Waals surface area (Å²) in [7, 11) is 0. The number of rotatable bonds is 5. The van der Waals surface area contributed by atoms with Gasteiger partial charge in [0.25, 0.3) is 0 Å². The second-order valence-corrected chi connectivity index (χ2v) is 1.61. The SMILES string of the molecule is O=C(O)CO.OCCOCCO. The second kappa shape index (κ2) is 12.9. The summed E-state index contributed by atoms with van der Waals surface area (Å²) in [6.07, 6.45) is 0. The quantitative estimate of drug-likeness (QED) is 0.368. The highest BCUT2D eigenvalue weighted by Gasteiger charge is 1.82. The molecular formula is C6H14O6. The van der Waals surface area contributed by atoms with Crippen molar-refractivity contribution in [1.29, 1.82) is 0 Å². The van der Waals surface area contributed by atoms with Gasteiger partial charge in [0.15, 0.2) is 0 Å². The second-order valence-electron chi connectivity index (χ2n) is 1.61. The van der Waals surface area contributed by atoms with Crippen LogP contribution in [0, 0.1) is 0 Å². The zero-order valence-corrected chi connectivity index (χ0v) is 6.64. The van der Waals surface area contributed by atoms with Gasteiger partial charge in [-0.2, -0.15) is 0 Å². The van der Waals surface area contributed by atoms with Crippen molar-refractivity contribution in [3.05, 3.63) is 0 Å². The number of carboxylic acid groups (broad SMARTS) is 1. The van der Waals surface area contributed by atoms with Crippen LogP contribution < -0.4 is 0 Å². The Hall–Kier alpha value is -0.690. The molecule has 0 bridgehead atoms. The first-order valence-corrected chi connectivity index (χ1v) is 3.31. The molecule has 0 fully saturated rings. The molecule has 0 aromatic rings. The standard InChI is InChI=1S/C4H10O3.C2H4O3/c5-1-3-7-4-2-6;3-1-2(4)5/h5-6H,1-4H2;3H,1H2,(H,4,5). The Bertz CT molecular complexity index is 90.0. The van der Waals surface area contributed by atoms with Gasteiger partial charge in [-0.15, -0.1) is 0 Å². The first-order chi connectivity index (χ1) is 5.68. The largest absolute Gasteiger partial charge is 0.480 e. The average Bonchev–Trinajstić information content (AvgIpc) is 2.07. The van der Waals surface area contributed by atoms with Gasteiger partial charge in [-0.05, 0) is 0 Å². The fourth-order valence-corrected chi connectivity index (χ4v) is 0.231. The van der Waals surface area contributed by atoms with Crippen LogP contribution in [0.5, 0.6) is 0 Å². The van der Waals surface area contributed by atoms with Crippen molar-refractivity contribution in [2.45, 2.75) is 0 Å². The maximum atomic E-state index is 9.12. The van der Waals surface area contributed by atoms with Crippen LogP contribution in [0.4, 0.5) is 0 Å². The minimum atomic E-state index is -1.19. The first-order valence-electron chi connectivity index (χ1n) is 3.31. The van der Waals surface area contributed by atoms with E-state index in [1.165, 1.54) is 0 Å². The summed E-state index contributed by atoms with van der Waals surface area (Å²) in [6, 6.07) is 0. The smallest absolute Gasteiger partial charge is 0.329 e. The van der Waals surface area contributed by atoms with Gasteiger partial charge in [-0.25, -0.2) is 4.79 Å². The number of hydrogen-bond donors (Lipinski definition) is 4. The zero-order chi connectivity index (χ0) is 9.82. The van der Waals surface area contributed by atoms with Crippen molar-refractivity contribution < 1.29 is 30.0 Å². The molecule has 0 amide bonds. The molecule has 4 N–H and O–H groups in total. The lowest BCUT2D eigenvalue weighted by Crippen LogP contribution is -2.03. The molecule has 6 nitrogen and oxygen atoms in total. The minimum absolute atomic E-state index is 0.0278. The fourth-order valence-electron chi connectivity index (χ4n) is 0.231. The lowest BCUT2D eigenvalue weighted by molar-refractivity contribution is -0.140. The molecule has 0 aromatic heterocycles. The van der Waals surface area contributed by atoms with Gasteiger partial charge in [-0.3, -0.25) is 0 Å². The molecule has 0 aliphatic carbocycles. The molecule has 0 unspecified atom stereocenters. The molecule has 0 heterocycles. The third kappa shape index (κ3) is 22.8. The molecule has 0 saturated heterocycles. The van der Waals surface area contributed by atoms with Crippen LogP contribution in [0.3, 0.4) is 0 Å². The summed E-state index contributed by atoms with van der Waals surface area (Å²) < 4.78 is 4.63. The van der Waals surface area contributed by atoms with Crippen LogP contribution in [0.1, 0.15) is 0 Å². The van der Waals surface area contributed by atoms with Gasteiger partial charge in [0.2, 0.25) is 0 Å². The van der Waals surface area contributed by atoms with Crippen molar-refractivity contribution in [3.63, 3.8) is 0 Å². The van der Waals surface area contributed by atoms with Gasteiger partial charge in [0.1, 0.15) is 6.61 Å². The Morgan fingerprint density at radius 3 is 1.58 bits per heavy atom. The fraction of sp³-hybridized carbons (Fsp3) is 0.833. The van der Waals surface area contributed by atoms with E-state index in [1.807, 2.05) is 0 Å². The molecule has 74 valence electrons. The predicted molar refractivity (Wildman–Crippen MR) is 39.7 cm³/mol. The van der Waals surface area contributed by atoms with E-state index >= 15 is 0 Å². The van der Waals surface area contributed by atoms with E-state index in [1.54, 1.807) is 0 Å². The number of aliphatic hydroxyl groups is 3. The van der Waals surface area contributed by atoms with Crippen molar-refractivity contribution in [2.24, 2.45) is 0 Å². The van der Waals surface area contributed by atoms with Gasteiger partial charge in [0, 0.05) is 0 Å². The Morgan fingerprint density at radius 1 is 1.08 bits per heavy atom. The van der Waals surface area contributed by atoms with E-state index in [9.17, 15) is 0 Å². The van der Waals surface area contributed by atoms with Crippen molar-refractivity contribution in [1.82, 2.24) is 0 Å². The summed E-state index contributed by atoms with van der Waals surface area (Å²) in [5.41, 5.74) is 0. The minimum Gasteiger partial charge on any atom is -0.480 e. The molecule has 0 rings (SSSR count). The topological polar surface area (TPSA) is 107 Å². The maximum absolute atomic E-state index is 9.12. The molecular weight excluding hydrogens is 168 g/mol. The Balaban J connectivity index is 0. The van der Waals surface area contributed by atoms with E-state index < -0.39 is 12.6 Å². The van der Waals surface area contributed by atoms with Crippen LogP contribution in [-0.2, 0) is 9.53 Å². The van der Waals surface area contributed by atoms with Gasteiger partial charge in [-0.1, -0.05) is 0 Å². The molecule has 0 saturated carbocycles. The predicted octanol–water partition coefficient (Wildman–Crippen LogP) is -1.95. The van der Waals surface area contributed by atoms with E-state index in [2.05, 4.69) is 4.74 Å². The average molecular weight is 182 g/mol. The van der Waals surface area contributed by atoms with Crippen molar-refractivity contribution >= 4 is 5.97 Å². The third-order valence-corrected chi connectivity index (χ3v) is 0.607. The van der Waals surface area contributed by atoms with Gasteiger partial charge in [0.05, 0.1) is 26.4 Å². The molecule has 0 radical (unpaired) electrons. The molecule has 0 spiro atoms. The van der Waals surface area contributed by atoms with Crippen LogP contribution in [0.15, 0.2) is 0 Å². The maximum Gasteiger partial charge on any atom is 0.329 e. The highest BCUT2D eigenvalue weighted by atomic mass is 16.5. The van der Waals surface area contributed by atoms with Crippen LogP contribution >= 0.6 is 0 Å². The van der Waals surface area contributed by atoms with Gasteiger partial charge >= 0.3 is 5.97 Å². The summed E-state index contributed by atoms with van der Waals surface area (Å²) >= 11 is 0. The molecule has 12 heavy (non-hydrogen) atoms. The number of ether oxygens (including phenoxy) is 1. The summed E-state index contributed by atoms with van der Waals surface area (Å²) in [4.78, 5) is 9.12. The van der Waals surface area contributed by atoms with Crippen molar-refractivity contribution in [3.8, 4) is 0 Å². The van der Waals surface area contributed by atoms with Crippen LogP contribution in [-0.4, -0.2) is 59.4 Å². The molecule has 6 heteroatoms. The molecule has 0 atom stereocenters. The lowest BCUT2D eigenvalue weighted by Gasteiger charge is -1.94. The Morgan fingerprint density at radius 2 is 1.42 bits per heavy atom. The number of carbonyl (C=O) groups is 1.